The Hall–Kier alpha value is -1.69. The van der Waals surface area contributed by atoms with Gasteiger partial charge in [-0.15, -0.1) is 21.5 Å². The third-order valence-electron chi connectivity index (χ3n) is 4.37. The number of likely N-dealkylation sites (tertiary alicyclic amines) is 1. The standard InChI is InChI=1S/C16H22N4OS/c1-4-13-11(2)8-14(22-13)16(21)20-7-5-6-12(9-20)15-18-17-10-19(15)3/h8,10,12H,4-7,9H2,1-3H3/t12-/m1/s1. The predicted octanol–water partition coefficient (Wildman–Crippen LogP) is 2.77. The van der Waals surface area contributed by atoms with Crippen molar-refractivity contribution in [3.63, 3.8) is 0 Å². The monoisotopic (exact) mass is 318 g/mol. The van der Waals surface area contributed by atoms with Gasteiger partial charge in [0, 0.05) is 30.9 Å². The van der Waals surface area contributed by atoms with Gasteiger partial charge in [0.2, 0.25) is 0 Å². The SMILES string of the molecule is CCc1sc(C(=O)N2CCC[C@@H](c3nncn3C)C2)cc1C. The highest BCUT2D eigenvalue weighted by molar-refractivity contribution is 7.14. The van der Waals surface area contributed by atoms with Gasteiger partial charge < -0.3 is 9.47 Å². The Morgan fingerprint density at radius 3 is 2.95 bits per heavy atom. The van der Waals surface area contributed by atoms with Crippen molar-refractivity contribution in [3.05, 3.63) is 33.5 Å². The molecule has 118 valence electrons. The molecule has 0 unspecified atom stereocenters. The quantitative estimate of drug-likeness (QED) is 0.874. The summed E-state index contributed by atoms with van der Waals surface area (Å²) < 4.78 is 1.96. The first-order valence-corrected chi connectivity index (χ1v) is 8.64. The Kier molecular flexibility index (Phi) is 4.29. The number of hydrogen-bond acceptors (Lipinski definition) is 4. The lowest BCUT2D eigenvalue weighted by Gasteiger charge is -2.31. The summed E-state index contributed by atoms with van der Waals surface area (Å²) in [6.45, 7) is 5.80. The van der Waals surface area contributed by atoms with Crippen molar-refractivity contribution in [2.24, 2.45) is 7.05 Å². The van der Waals surface area contributed by atoms with Crippen LogP contribution in [0.15, 0.2) is 12.4 Å². The molecule has 0 aromatic carbocycles. The molecule has 1 saturated heterocycles. The maximum absolute atomic E-state index is 12.8. The van der Waals surface area contributed by atoms with Crippen LogP contribution in [-0.4, -0.2) is 38.7 Å². The van der Waals surface area contributed by atoms with E-state index in [1.165, 1.54) is 10.4 Å². The summed E-state index contributed by atoms with van der Waals surface area (Å²) in [4.78, 5) is 16.9. The second-order valence-electron chi connectivity index (χ2n) is 5.96. The van der Waals surface area contributed by atoms with Crippen LogP contribution in [0.25, 0.3) is 0 Å². The third-order valence-corrected chi connectivity index (χ3v) is 5.74. The number of amides is 1. The molecule has 1 atom stereocenters. The summed E-state index contributed by atoms with van der Waals surface area (Å²) in [5.41, 5.74) is 1.23. The number of rotatable bonds is 3. The zero-order valence-electron chi connectivity index (χ0n) is 13.4. The first-order valence-electron chi connectivity index (χ1n) is 7.82. The molecular formula is C16H22N4OS. The zero-order valence-corrected chi connectivity index (χ0v) is 14.2. The highest BCUT2D eigenvalue weighted by Crippen LogP contribution is 2.29. The molecule has 5 nitrogen and oxygen atoms in total. The van der Waals surface area contributed by atoms with Gasteiger partial charge >= 0.3 is 0 Å². The fourth-order valence-corrected chi connectivity index (χ4v) is 4.25. The van der Waals surface area contributed by atoms with Gasteiger partial charge in [-0.3, -0.25) is 4.79 Å². The first-order chi connectivity index (χ1) is 10.6. The number of carbonyl (C=O) groups is 1. The summed E-state index contributed by atoms with van der Waals surface area (Å²) >= 11 is 1.64. The second-order valence-corrected chi connectivity index (χ2v) is 7.10. The van der Waals surface area contributed by atoms with E-state index in [0.29, 0.717) is 0 Å². The van der Waals surface area contributed by atoms with Gasteiger partial charge in [0.05, 0.1) is 4.88 Å². The van der Waals surface area contributed by atoms with Crippen molar-refractivity contribution in [2.75, 3.05) is 13.1 Å². The van der Waals surface area contributed by atoms with E-state index in [0.717, 1.165) is 43.1 Å². The molecule has 3 heterocycles. The Morgan fingerprint density at radius 1 is 1.50 bits per heavy atom. The normalized spacial score (nSPS) is 18.7. The van der Waals surface area contributed by atoms with Crippen molar-refractivity contribution in [1.29, 1.82) is 0 Å². The summed E-state index contributed by atoms with van der Waals surface area (Å²) in [5.74, 6) is 1.44. The molecule has 1 aliphatic rings. The summed E-state index contributed by atoms with van der Waals surface area (Å²) in [6, 6.07) is 2.04. The van der Waals surface area contributed by atoms with Gasteiger partial charge in [-0.1, -0.05) is 6.92 Å². The minimum absolute atomic E-state index is 0.166. The van der Waals surface area contributed by atoms with Gasteiger partial charge in [-0.2, -0.15) is 0 Å². The molecule has 1 fully saturated rings. The number of carbonyl (C=O) groups excluding carboxylic acids is 1. The molecule has 0 radical (unpaired) electrons. The Morgan fingerprint density at radius 2 is 2.32 bits per heavy atom. The van der Waals surface area contributed by atoms with Gasteiger partial charge in [-0.25, -0.2) is 0 Å². The lowest BCUT2D eigenvalue weighted by Crippen LogP contribution is -2.39. The molecular weight excluding hydrogens is 296 g/mol. The van der Waals surface area contributed by atoms with Crippen molar-refractivity contribution in [3.8, 4) is 0 Å². The van der Waals surface area contributed by atoms with E-state index in [4.69, 9.17) is 0 Å². The van der Waals surface area contributed by atoms with E-state index in [1.807, 2.05) is 22.6 Å². The minimum atomic E-state index is 0.166. The largest absolute Gasteiger partial charge is 0.337 e. The van der Waals surface area contributed by atoms with E-state index in [1.54, 1.807) is 17.7 Å². The van der Waals surface area contributed by atoms with E-state index in [2.05, 4.69) is 24.0 Å². The highest BCUT2D eigenvalue weighted by atomic mass is 32.1. The van der Waals surface area contributed by atoms with Crippen molar-refractivity contribution < 1.29 is 4.79 Å². The molecule has 1 aliphatic heterocycles. The van der Waals surface area contributed by atoms with Crippen LogP contribution < -0.4 is 0 Å². The Labute approximate surface area is 135 Å². The molecule has 3 rings (SSSR count). The van der Waals surface area contributed by atoms with Crippen molar-refractivity contribution in [1.82, 2.24) is 19.7 Å². The fourth-order valence-electron chi connectivity index (χ4n) is 3.17. The summed E-state index contributed by atoms with van der Waals surface area (Å²) in [6.07, 6.45) is 4.81. The van der Waals surface area contributed by atoms with Crippen LogP contribution in [0.2, 0.25) is 0 Å². The maximum atomic E-state index is 12.8. The van der Waals surface area contributed by atoms with Crippen LogP contribution >= 0.6 is 11.3 Å². The number of piperidine rings is 1. The number of nitrogens with zero attached hydrogens (tertiary/aromatic N) is 4. The molecule has 22 heavy (non-hydrogen) atoms. The lowest BCUT2D eigenvalue weighted by molar-refractivity contribution is 0.0708. The molecule has 0 N–H and O–H groups in total. The van der Waals surface area contributed by atoms with Crippen LogP contribution in [0.1, 0.15) is 51.6 Å². The van der Waals surface area contributed by atoms with Crippen LogP contribution in [0.5, 0.6) is 0 Å². The van der Waals surface area contributed by atoms with Crippen molar-refractivity contribution >= 4 is 17.2 Å². The average molecular weight is 318 g/mol. The van der Waals surface area contributed by atoms with Crippen LogP contribution in [0.4, 0.5) is 0 Å². The van der Waals surface area contributed by atoms with E-state index < -0.39 is 0 Å². The number of aromatic nitrogens is 3. The van der Waals surface area contributed by atoms with E-state index in [-0.39, 0.29) is 11.8 Å². The lowest BCUT2D eigenvalue weighted by atomic mass is 9.97. The van der Waals surface area contributed by atoms with Gasteiger partial charge in [-0.05, 0) is 37.8 Å². The third kappa shape index (κ3) is 2.79. The molecule has 6 heteroatoms. The van der Waals surface area contributed by atoms with Gasteiger partial charge in [0.25, 0.3) is 5.91 Å². The molecule has 0 aliphatic carbocycles. The van der Waals surface area contributed by atoms with Crippen LogP contribution in [0.3, 0.4) is 0 Å². The van der Waals surface area contributed by atoms with Gasteiger partial charge in [0.15, 0.2) is 0 Å². The highest BCUT2D eigenvalue weighted by Gasteiger charge is 2.28. The number of hydrogen-bond donors (Lipinski definition) is 0. The molecule has 2 aromatic heterocycles. The molecule has 0 saturated carbocycles. The van der Waals surface area contributed by atoms with E-state index in [9.17, 15) is 4.79 Å². The minimum Gasteiger partial charge on any atom is -0.337 e. The molecule has 0 spiro atoms. The Bertz CT molecular complexity index is 675. The Balaban J connectivity index is 1.76. The first kappa shape index (κ1) is 15.2. The number of thiophene rings is 1. The maximum Gasteiger partial charge on any atom is 0.263 e. The fraction of sp³-hybridized carbons (Fsp3) is 0.562. The molecule has 2 aromatic rings. The van der Waals surface area contributed by atoms with Gasteiger partial charge in [0.1, 0.15) is 12.2 Å². The number of aryl methyl sites for hydroxylation is 3. The summed E-state index contributed by atoms with van der Waals surface area (Å²) in [5, 5.41) is 8.18. The average Bonchev–Trinajstić information content (AvgIpc) is 3.12. The molecule has 0 bridgehead atoms. The smallest absolute Gasteiger partial charge is 0.263 e. The molecule has 1 amide bonds. The zero-order chi connectivity index (χ0) is 15.7. The van der Waals surface area contributed by atoms with Crippen LogP contribution in [-0.2, 0) is 13.5 Å². The predicted molar refractivity (Wildman–Crippen MR) is 87.3 cm³/mol. The summed E-state index contributed by atoms with van der Waals surface area (Å²) in [7, 11) is 1.96. The van der Waals surface area contributed by atoms with Crippen molar-refractivity contribution in [2.45, 2.75) is 39.0 Å². The van der Waals surface area contributed by atoms with Crippen LogP contribution in [0, 0.1) is 6.92 Å². The van der Waals surface area contributed by atoms with E-state index >= 15 is 0 Å². The topological polar surface area (TPSA) is 51.0 Å². The second kappa shape index (κ2) is 6.20.